The highest BCUT2D eigenvalue weighted by atomic mass is 32.2. The summed E-state index contributed by atoms with van der Waals surface area (Å²) in [6.45, 7) is 2.77. The molecule has 3 N–H and O–H groups in total. The minimum Gasteiger partial charge on any atom is -0.384 e. The molecule has 27 heavy (non-hydrogen) atoms. The molecule has 1 saturated carbocycles. The molecule has 0 saturated heterocycles. The summed E-state index contributed by atoms with van der Waals surface area (Å²) in [4.78, 5) is 12.5. The largest absolute Gasteiger partial charge is 0.384 e. The fraction of sp³-hybridized carbons (Fsp3) is 0.632. The quantitative estimate of drug-likeness (QED) is 0.588. The van der Waals surface area contributed by atoms with Crippen LogP contribution in [0.1, 0.15) is 45.4 Å². The van der Waals surface area contributed by atoms with Gasteiger partial charge in [-0.25, -0.2) is 12.7 Å². The Morgan fingerprint density at radius 2 is 1.74 bits per heavy atom. The third-order valence-corrected chi connectivity index (χ3v) is 6.61. The molecule has 0 heterocycles. The molecule has 0 aromatic heterocycles. The summed E-state index contributed by atoms with van der Waals surface area (Å²) in [5, 5.41) is 9.39. The first-order valence-electron chi connectivity index (χ1n) is 9.68. The molecule has 7 nitrogen and oxygen atoms in total. The third kappa shape index (κ3) is 6.10. The van der Waals surface area contributed by atoms with E-state index in [-0.39, 0.29) is 23.4 Å². The highest BCUT2D eigenvalue weighted by Crippen LogP contribution is 2.26. The van der Waals surface area contributed by atoms with Crippen LogP contribution < -0.4 is 16.0 Å². The summed E-state index contributed by atoms with van der Waals surface area (Å²) in [7, 11) is -0.530. The molecule has 1 aromatic rings. The first-order valence-corrected chi connectivity index (χ1v) is 11.1. The van der Waals surface area contributed by atoms with Crippen LogP contribution in [0.25, 0.3) is 0 Å². The standard InChI is InChI=1S/C19H32N4O3S/c1-4-20-17-12-11-16(27(25,26)23(2)3)13-18(17)21-14-19(24)22-15-9-7-5-6-8-10-15/h11-13,15,20-21H,4-10,14H2,1-3H3,(H,22,24). The minimum atomic E-state index is -3.53. The van der Waals surface area contributed by atoms with Gasteiger partial charge < -0.3 is 16.0 Å². The Hall–Kier alpha value is -1.80. The van der Waals surface area contributed by atoms with Crippen LogP contribution in [0.3, 0.4) is 0 Å². The predicted octanol–water partition coefficient (Wildman–Crippen LogP) is 2.62. The van der Waals surface area contributed by atoms with Crippen molar-refractivity contribution < 1.29 is 13.2 Å². The van der Waals surface area contributed by atoms with E-state index in [2.05, 4.69) is 16.0 Å². The van der Waals surface area contributed by atoms with Crippen molar-refractivity contribution in [3.63, 3.8) is 0 Å². The molecule has 0 radical (unpaired) electrons. The third-order valence-electron chi connectivity index (χ3n) is 4.80. The summed E-state index contributed by atoms with van der Waals surface area (Å²) < 4.78 is 25.9. The van der Waals surface area contributed by atoms with E-state index in [0.29, 0.717) is 12.2 Å². The van der Waals surface area contributed by atoms with Crippen LogP contribution in [0.2, 0.25) is 0 Å². The maximum Gasteiger partial charge on any atom is 0.242 e. The molecule has 0 spiro atoms. The van der Waals surface area contributed by atoms with Gasteiger partial charge in [-0.2, -0.15) is 0 Å². The number of nitrogens with one attached hydrogen (secondary N) is 3. The van der Waals surface area contributed by atoms with Crippen LogP contribution in [-0.2, 0) is 14.8 Å². The number of carbonyl (C=O) groups excluding carboxylic acids is 1. The monoisotopic (exact) mass is 396 g/mol. The molecule has 0 bridgehead atoms. The summed E-state index contributed by atoms with van der Waals surface area (Å²) >= 11 is 0. The van der Waals surface area contributed by atoms with Crippen molar-refractivity contribution in [1.82, 2.24) is 9.62 Å². The van der Waals surface area contributed by atoms with E-state index in [4.69, 9.17) is 0 Å². The Balaban J connectivity index is 2.07. The zero-order valence-corrected chi connectivity index (χ0v) is 17.4. The predicted molar refractivity (Wildman–Crippen MR) is 110 cm³/mol. The second-order valence-electron chi connectivity index (χ2n) is 7.13. The molecule has 8 heteroatoms. The van der Waals surface area contributed by atoms with Gasteiger partial charge in [0.1, 0.15) is 0 Å². The summed E-state index contributed by atoms with van der Waals surface area (Å²) in [6.07, 6.45) is 6.87. The van der Waals surface area contributed by atoms with Gasteiger partial charge in [0.2, 0.25) is 15.9 Å². The van der Waals surface area contributed by atoms with E-state index in [1.54, 1.807) is 18.2 Å². The maximum absolute atomic E-state index is 12.4. The lowest BCUT2D eigenvalue weighted by atomic mass is 10.1. The first kappa shape index (κ1) is 21.5. The van der Waals surface area contributed by atoms with E-state index in [9.17, 15) is 13.2 Å². The highest BCUT2D eigenvalue weighted by Gasteiger charge is 2.19. The van der Waals surface area contributed by atoms with E-state index in [0.717, 1.165) is 31.4 Å². The van der Waals surface area contributed by atoms with Gasteiger partial charge in [-0.15, -0.1) is 0 Å². The molecular formula is C19H32N4O3S. The van der Waals surface area contributed by atoms with Gasteiger partial charge in [-0.3, -0.25) is 4.79 Å². The molecule has 0 aliphatic heterocycles. The molecule has 152 valence electrons. The Bertz CT molecular complexity index is 726. The van der Waals surface area contributed by atoms with Gasteiger partial charge >= 0.3 is 0 Å². The van der Waals surface area contributed by atoms with Crippen LogP contribution in [0.5, 0.6) is 0 Å². The van der Waals surface area contributed by atoms with Crippen LogP contribution in [0, 0.1) is 0 Å². The van der Waals surface area contributed by atoms with Crippen LogP contribution in [0.4, 0.5) is 11.4 Å². The van der Waals surface area contributed by atoms with Crippen molar-refractivity contribution in [3.05, 3.63) is 18.2 Å². The molecule has 1 aliphatic carbocycles. The second-order valence-corrected chi connectivity index (χ2v) is 9.29. The molecule has 1 fully saturated rings. The van der Waals surface area contributed by atoms with E-state index in [1.165, 1.54) is 31.2 Å². The average Bonchev–Trinajstić information content (AvgIpc) is 2.89. The van der Waals surface area contributed by atoms with Gasteiger partial charge in [0.05, 0.1) is 22.8 Å². The van der Waals surface area contributed by atoms with Crippen molar-refractivity contribution >= 4 is 27.3 Å². The van der Waals surface area contributed by atoms with Crippen molar-refractivity contribution in [2.75, 3.05) is 37.8 Å². The summed E-state index contributed by atoms with van der Waals surface area (Å²) in [5.41, 5.74) is 1.38. The van der Waals surface area contributed by atoms with Crippen LogP contribution in [-0.4, -0.2) is 51.9 Å². The lowest BCUT2D eigenvalue weighted by Gasteiger charge is -2.19. The van der Waals surface area contributed by atoms with Crippen LogP contribution >= 0.6 is 0 Å². The topological polar surface area (TPSA) is 90.5 Å². The zero-order chi connectivity index (χ0) is 19.9. The number of hydrogen-bond donors (Lipinski definition) is 3. The Kier molecular flexibility index (Phi) is 7.91. The SMILES string of the molecule is CCNc1ccc(S(=O)(=O)N(C)C)cc1NCC(=O)NC1CCCCCC1. The molecule has 1 aliphatic rings. The van der Waals surface area contributed by atoms with Gasteiger partial charge in [0.25, 0.3) is 0 Å². The van der Waals surface area contributed by atoms with Crippen molar-refractivity contribution in [1.29, 1.82) is 0 Å². The number of rotatable bonds is 8. The Labute approximate surface area is 163 Å². The molecule has 0 unspecified atom stereocenters. The number of benzene rings is 1. The minimum absolute atomic E-state index is 0.0646. The van der Waals surface area contributed by atoms with Crippen LogP contribution in [0.15, 0.2) is 23.1 Å². The lowest BCUT2D eigenvalue weighted by Crippen LogP contribution is -2.38. The lowest BCUT2D eigenvalue weighted by molar-refractivity contribution is -0.120. The zero-order valence-electron chi connectivity index (χ0n) is 16.5. The normalized spacial score (nSPS) is 16.0. The van der Waals surface area contributed by atoms with Gasteiger partial charge in [-0.05, 0) is 38.0 Å². The fourth-order valence-corrected chi connectivity index (χ4v) is 4.19. The van der Waals surface area contributed by atoms with Crippen molar-refractivity contribution in [2.45, 2.75) is 56.4 Å². The number of sulfonamides is 1. The Morgan fingerprint density at radius 1 is 1.07 bits per heavy atom. The molecule has 0 atom stereocenters. The highest BCUT2D eigenvalue weighted by molar-refractivity contribution is 7.89. The van der Waals surface area contributed by atoms with Crippen molar-refractivity contribution in [2.24, 2.45) is 0 Å². The summed E-state index contributed by atoms with van der Waals surface area (Å²) in [5.74, 6) is -0.0646. The molecule has 2 rings (SSSR count). The van der Waals surface area contributed by atoms with E-state index >= 15 is 0 Å². The number of hydrogen-bond acceptors (Lipinski definition) is 5. The first-order chi connectivity index (χ1) is 12.8. The number of nitrogens with zero attached hydrogens (tertiary/aromatic N) is 1. The van der Waals surface area contributed by atoms with Gasteiger partial charge in [0, 0.05) is 26.7 Å². The van der Waals surface area contributed by atoms with E-state index in [1.807, 2.05) is 6.92 Å². The van der Waals surface area contributed by atoms with Gasteiger partial charge in [-0.1, -0.05) is 25.7 Å². The Morgan fingerprint density at radius 3 is 2.33 bits per heavy atom. The number of carbonyl (C=O) groups is 1. The maximum atomic E-state index is 12.4. The number of amides is 1. The van der Waals surface area contributed by atoms with Gasteiger partial charge in [0.15, 0.2) is 0 Å². The fourth-order valence-electron chi connectivity index (χ4n) is 3.26. The average molecular weight is 397 g/mol. The smallest absolute Gasteiger partial charge is 0.242 e. The molecular weight excluding hydrogens is 364 g/mol. The number of anilines is 2. The second kappa shape index (κ2) is 9.94. The van der Waals surface area contributed by atoms with E-state index < -0.39 is 10.0 Å². The molecule has 1 aromatic carbocycles. The van der Waals surface area contributed by atoms with Crippen molar-refractivity contribution in [3.8, 4) is 0 Å². The summed E-state index contributed by atoms with van der Waals surface area (Å²) in [6, 6.07) is 5.12. The molecule has 1 amide bonds.